The van der Waals surface area contributed by atoms with Crippen molar-refractivity contribution in [3.63, 3.8) is 0 Å². The van der Waals surface area contributed by atoms with E-state index in [4.69, 9.17) is 16.3 Å². The number of aromatic nitrogens is 2. The standard InChI is InChI=1S/C23H28ClN3O2/c1-4-12-26(13-5-2)23(28)14-19(18-8-6-7-9-21(18)29-3)20-15-25-22-11-10-17(24)16-27(20)22/h6-11,15-16,19H,4-5,12-14H2,1-3H3. The van der Waals surface area contributed by atoms with Crippen molar-refractivity contribution in [3.05, 3.63) is 65.1 Å². The Kier molecular flexibility index (Phi) is 7.15. The molecular weight excluding hydrogens is 386 g/mol. The Morgan fingerprint density at radius 2 is 1.90 bits per heavy atom. The highest BCUT2D eigenvalue weighted by molar-refractivity contribution is 6.30. The highest BCUT2D eigenvalue weighted by Gasteiger charge is 2.26. The molecule has 0 aliphatic rings. The van der Waals surface area contributed by atoms with Crippen molar-refractivity contribution >= 4 is 23.2 Å². The molecule has 1 unspecified atom stereocenters. The van der Waals surface area contributed by atoms with Crippen molar-refractivity contribution in [1.82, 2.24) is 14.3 Å². The molecule has 0 bridgehead atoms. The molecule has 1 aromatic carbocycles. The minimum atomic E-state index is -0.191. The van der Waals surface area contributed by atoms with Crippen LogP contribution in [0.1, 0.15) is 50.3 Å². The van der Waals surface area contributed by atoms with Gasteiger partial charge in [-0.15, -0.1) is 0 Å². The van der Waals surface area contributed by atoms with Crippen LogP contribution in [0.15, 0.2) is 48.8 Å². The van der Waals surface area contributed by atoms with E-state index in [9.17, 15) is 4.79 Å². The molecule has 0 aliphatic heterocycles. The number of nitrogens with zero attached hydrogens (tertiary/aromatic N) is 3. The molecular formula is C23H28ClN3O2. The van der Waals surface area contributed by atoms with E-state index >= 15 is 0 Å². The lowest BCUT2D eigenvalue weighted by Crippen LogP contribution is -2.33. The first-order valence-corrected chi connectivity index (χ1v) is 10.5. The fourth-order valence-electron chi connectivity index (χ4n) is 3.76. The van der Waals surface area contributed by atoms with Crippen molar-refractivity contribution in [2.45, 2.75) is 39.0 Å². The zero-order valence-electron chi connectivity index (χ0n) is 17.3. The van der Waals surface area contributed by atoms with E-state index in [2.05, 4.69) is 18.8 Å². The van der Waals surface area contributed by atoms with Gasteiger partial charge in [-0.2, -0.15) is 0 Å². The molecule has 6 heteroatoms. The lowest BCUT2D eigenvalue weighted by molar-refractivity contribution is -0.131. The molecule has 29 heavy (non-hydrogen) atoms. The Morgan fingerprint density at radius 3 is 2.59 bits per heavy atom. The molecule has 1 amide bonds. The smallest absolute Gasteiger partial charge is 0.223 e. The zero-order chi connectivity index (χ0) is 20.8. The number of halogens is 1. The molecule has 5 nitrogen and oxygen atoms in total. The van der Waals surface area contributed by atoms with Crippen LogP contribution in [0.2, 0.25) is 5.02 Å². The van der Waals surface area contributed by atoms with Crippen LogP contribution in [0.4, 0.5) is 0 Å². The average molecular weight is 414 g/mol. The first-order chi connectivity index (χ1) is 14.1. The Bertz CT molecular complexity index is 964. The summed E-state index contributed by atoms with van der Waals surface area (Å²) in [6, 6.07) is 11.6. The number of para-hydroxylation sites is 1. The Balaban J connectivity index is 2.07. The van der Waals surface area contributed by atoms with Crippen LogP contribution < -0.4 is 4.74 Å². The summed E-state index contributed by atoms with van der Waals surface area (Å²) in [5.74, 6) is 0.713. The number of fused-ring (bicyclic) bond motifs is 1. The number of rotatable bonds is 9. The highest BCUT2D eigenvalue weighted by Crippen LogP contribution is 2.35. The third-order valence-corrected chi connectivity index (χ3v) is 5.31. The molecule has 3 aromatic rings. The zero-order valence-corrected chi connectivity index (χ0v) is 18.0. The first-order valence-electron chi connectivity index (χ1n) is 10.1. The van der Waals surface area contributed by atoms with Gasteiger partial charge in [0.05, 0.1) is 17.8 Å². The van der Waals surface area contributed by atoms with Gasteiger partial charge in [0.2, 0.25) is 5.91 Å². The van der Waals surface area contributed by atoms with Gasteiger partial charge in [0, 0.05) is 43.4 Å². The summed E-state index contributed by atoms with van der Waals surface area (Å²) in [6.07, 6.45) is 5.91. The van der Waals surface area contributed by atoms with Gasteiger partial charge in [-0.1, -0.05) is 43.6 Å². The minimum Gasteiger partial charge on any atom is -0.496 e. The van der Waals surface area contributed by atoms with E-state index < -0.39 is 0 Å². The second-order valence-corrected chi connectivity index (χ2v) is 7.57. The predicted octanol–water partition coefficient (Wildman–Crippen LogP) is 5.17. The summed E-state index contributed by atoms with van der Waals surface area (Å²) in [7, 11) is 1.66. The summed E-state index contributed by atoms with van der Waals surface area (Å²) in [4.78, 5) is 19.7. The molecule has 3 rings (SSSR count). The quantitative estimate of drug-likeness (QED) is 0.486. The molecule has 1 atom stereocenters. The fourth-order valence-corrected chi connectivity index (χ4v) is 3.92. The van der Waals surface area contributed by atoms with E-state index in [0.717, 1.165) is 48.6 Å². The molecule has 2 aromatic heterocycles. The summed E-state index contributed by atoms with van der Waals surface area (Å²) in [5, 5.41) is 0.625. The van der Waals surface area contributed by atoms with Gasteiger partial charge in [-0.3, -0.25) is 4.79 Å². The van der Waals surface area contributed by atoms with E-state index in [-0.39, 0.29) is 11.8 Å². The molecule has 0 saturated carbocycles. The topological polar surface area (TPSA) is 46.8 Å². The normalized spacial score (nSPS) is 12.1. The van der Waals surface area contributed by atoms with Crippen molar-refractivity contribution in [1.29, 1.82) is 0 Å². The van der Waals surface area contributed by atoms with E-state index in [1.54, 1.807) is 7.11 Å². The van der Waals surface area contributed by atoms with E-state index in [1.165, 1.54) is 0 Å². The average Bonchev–Trinajstić information content (AvgIpc) is 3.14. The van der Waals surface area contributed by atoms with Gasteiger partial charge in [0.25, 0.3) is 0 Å². The molecule has 0 spiro atoms. The van der Waals surface area contributed by atoms with Crippen molar-refractivity contribution in [3.8, 4) is 5.75 Å². The minimum absolute atomic E-state index is 0.140. The number of carbonyl (C=O) groups is 1. The number of amides is 1. The number of ether oxygens (including phenoxy) is 1. The van der Waals surface area contributed by atoms with Gasteiger partial charge in [-0.25, -0.2) is 4.98 Å². The van der Waals surface area contributed by atoms with Gasteiger partial charge >= 0.3 is 0 Å². The lowest BCUT2D eigenvalue weighted by atomic mass is 9.91. The number of hydrogen-bond donors (Lipinski definition) is 0. The summed E-state index contributed by atoms with van der Waals surface area (Å²) in [6.45, 7) is 5.73. The van der Waals surface area contributed by atoms with Crippen LogP contribution in [-0.2, 0) is 4.79 Å². The van der Waals surface area contributed by atoms with Crippen LogP contribution in [0.3, 0.4) is 0 Å². The number of methoxy groups -OCH3 is 1. The van der Waals surface area contributed by atoms with Crippen LogP contribution in [0.5, 0.6) is 5.75 Å². The SMILES string of the molecule is CCCN(CCC)C(=O)CC(c1ccccc1OC)c1cnc2ccc(Cl)cn12. The molecule has 2 heterocycles. The van der Waals surface area contributed by atoms with Gasteiger partial charge < -0.3 is 14.0 Å². The lowest BCUT2D eigenvalue weighted by Gasteiger charge is -2.25. The number of benzene rings is 1. The third kappa shape index (κ3) is 4.73. The largest absolute Gasteiger partial charge is 0.496 e. The summed E-state index contributed by atoms with van der Waals surface area (Å²) >= 11 is 6.25. The van der Waals surface area contributed by atoms with E-state index in [0.29, 0.717) is 11.4 Å². The Morgan fingerprint density at radius 1 is 1.17 bits per heavy atom. The van der Waals surface area contributed by atoms with Crippen LogP contribution >= 0.6 is 11.6 Å². The third-order valence-electron chi connectivity index (χ3n) is 5.09. The molecule has 0 radical (unpaired) electrons. The first kappa shape index (κ1) is 21.2. The maximum absolute atomic E-state index is 13.2. The molecule has 0 saturated heterocycles. The number of carbonyl (C=O) groups excluding carboxylic acids is 1. The second kappa shape index (κ2) is 9.79. The van der Waals surface area contributed by atoms with Gasteiger partial charge in [-0.05, 0) is 31.0 Å². The monoisotopic (exact) mass is 413 g/mol. The fraction of sp³-hybridized carbons (Fsp3) is 0.391. The van der Waals surface area contributed by atoms with E-state index in [1.807, 2.05) is 58.1 Å². The maximum atomic E-state index is 13.2. The molecule has 0 N–H and O–H groups in total. The Labute approximate surface area is 177 Å². The van der Waals surface area contributed by atoms with Crippen LogP contribution in [-0.4, -0.2) is 40.4 Å². The van der Waals surface area contributed by atoms with Gasteiger partial charge in [0.1, 0.15) is 11.4 Å². The number of pyridine rings is 1. The van der Waals surface area contributed by atoms with Gasteiger partial charge in [0.15, 0.2) is 0 Å². The molecule has 0 fully saturated rings. The Hall–Kier alpha value is -2.53. The predicted molar refractivity (Wildman–Crippen MR) is 117 cm³/mol. The maximum Gasteiger partial charge on any atom is 0.223 e. The van der Waals surface area contributed by atoms with Crippen LogP contribution in [0, 0.1) is 0 Å². The van der Waals surface area contributed by atoms with Crippen molar-refractivity contribution < 1.29 is 9.53 Å². The number of imidazole rings is 1. The molecule has 0 aliphatic carbocycles. The molecule has 154 valence electrons. The summed E-state index contributed by atoms with van der Waals surface area (Å²) in [5.41, 5.74) is 2.70. The van der Waals surface area contributed by atoms with Crippen molar-refractivity contribution in [2.24, 2.45) is 0 Å². The highest BCUT2D eigenvalue weighted by atomic mass is 35.5. The summed E-state index contributed by atoms with van der Waals surface area (Å²) < 4.78 is 7.59. The van der Waals surface area contributed by atoms with Crippen LogP contribution in [0.25, 0.3) is 5.65 Å². The number of hydrogen-bond acceptors (Lipinski definition) is 3. The second-order valence-electron chi connectivity index (χ2n) is 7.14. The van der Waals surface area contributed by atoms with Crippen molar-refractivity contribution in [2.75, 3.05) is 20.2 Å².